The Balaban J connectivity index is 2.12. The molecule has 12 heteroatoms. The summed E-state index contributed by atoms with van der Waals surface area (Å²) in [5, 5.41) is 9.08. The normalized spacial score (nSPS) is 11.6. The summed E-state index contributed by atoms with van der Waals surface area (Å²) in [6, 6.07) is 0. The molecule has 2 aromatic heterocycles. The smallest absolute Gasteiger partial charge is 0.283 e. The molecule has 0 radical (unpaired) electrons. The summed E-state index contributed by atoms with van der Waals surface area (Å²) >= 11 is 8.81. The summed E-state index contributed by atoms with van der Waals surface area (Å²) in [6.45, 7) is 1.84. The van der Waals surface area contributed by atoms with Crippen LogP contribution in [0.4, 0.5) is 17.6 Å². The van der Waals surface area contributed by atoms with Crippen LogP contribution in [-0.2, 0) is 24.4 Å². The minimum absolute atomic E-state index is 0.0774. The van der Waals surface area contributed by atoms with E-state index in [0.29, 0.717) is 21.4 Å². The fourth-order valence-electron chi connectivity index (χ4n) is 2.15. The number of hydrogen-bond donors (Lipinski definition) is 1. The molecule has 6 nitrogen and oxygen atoms in total. The van der Waals surface area contributed by atoms with E-state index in [9.17, 15) is 22.4 Å². The van der Waals surface area contributed by atoms with Crippen molar-refractivity contribution >= 4 is 33.4 Å². The van der Waals surface area contributed by atoms with Crippen LogP contribution in [0.2, 0.25) is 5.02 Å². The number of halogens is 6. The molecular formula is C13H13BrClF4N5O. The Hall–Kier alpha value is -1.62. The van der Waals surface area contributed by atoms with Crippen LogP contribution in [0.3, 0.4) is 0 Å². The van der Waals surface area contributed by atoms with Crippen molar-refractivity contribution in [2.45, 2.75) is 39.4 Å². The lowest BCUT2D eigenvalue weighted by atomic mass is 10.3. The van der Waals surface area contributed by atoms with Gasteiger partial charge in [-0.1, -0.05) is 11.6 Å². The molecular weight excluding hydrogens is 434 g/mol. The van der Waals surface area contributed by atoms with Gasteiger partial charge in [0.1, 0.15) is 17.9 Å². The van der Waals surface area contributed by atoms with E-state index in [-0.39, 0.29) is 6.54 Å². The number of carbonyl (C=O) groups is 1. The Morgan fingerprint density at radius 2 is 2.00 bits per heavy atom. The molecule has 0 fully saturated rings. The highest BCUT2D eigenvalue weighted by Gasteiger charge is 2.28. The van der Waals surface area contributed by atoms with Gasteiger partial charge in [0.15, 0.2) is 0 Å². The summed E-state index contributed by atoms with van der Waals surface area (Å²) in [7, 11) is 0. The zero-order valence-electron chi connectivity index (χ0n) is 12.8. The molecule has 138 valence electrons. The Bertz CT molecular complexity index is 764. The lowest BCUT2D eigenvalue weighted by molar-refractivity contribution is -0.122. The molecule has 25 heavy (non-hydrogen) atoms. The van der Waals surface area contributed by atoms with Crippen molar-refractivity contribution in [3.8, 4) is 0 Å². The van der Waals surface area contributed by atoms with Crippen molar-refractivity contribution in [1.29, 1.82) is 0 Å². The van der Waals surface area contributed by atoms with Gasteiger partial charge in [0.05, 0.1) is 27.9 Å². The first kappa shape index (κ1) is 19.7. The largest absolute Gasteiger partial charge is 0.349 e. The third kappa shape index (κ3) is 4.32. The van der Waals surface area contributed by atoms with E-state index < -0.39 is 41.7 Å². The van der Waals surface area contributed by atoms with Crippen molar-refractivity contribution in [1.82, 2.24) is 24.9 Å². The third-order valence-electron chi connectivity index (χ3n) is 3.31. The minimum atomic E-state index is -3.14. The van der Waals surface area contributed by atoms with E-state index in [2.05, 4.69) is 31.4 Å². The van der Waals surface area contributed by atoms with Crippen LogP contribution in [0.15, 0.2) is 10.7 Å². The van der Waals surface area contributed by atoms with Gasteiger partial charge in [-0.15, -0.1) is 0 Å². The standard InChI is InChI=1S/C13H13BrClF4N5O/c1-2-23-7(6(14)3-21-23)4-20-8(25)5-24-11(13(18)19)9(15)10(22-24)12(16)17/h3,12-13H,2,4-5H2,1H3,(H,20,25). The number of nitrogens with zero attached hydrogens (tertiary/aromatic N) is 4. The van der Waals surface area contributed by atoms with Gasteiger partial charge in [0.25, 0.3) is 12.9 Å². The van der Waals surface area contributed by atoms with E-state index in [0.717, 1.165) is 0 Å². The highest BCUT2D eigenvalue weighted by atomic mass is 79.9. The molecule has 0 spiro atoms. The lowest BCUT2D eigenvalue weighted by Gasteiger charge is -2.10. The number of amides is 1. The maximum atomic E-state index is 13.0. The molecule has 0 aliphatic carbocycles. The van der Waals surface area contributed by atoms with Crippen molar-refractivity contribution in [2.24, 2.45) is 0 Å². The van der Waals surface area contributed by atoms with E-state index in [1.807, 2.05) is 6.92 Å². The van der Waals surface area contributed by atoms with Gasteiger partial charge in [-0.25, -0.2) is 17.6 Å². The summed E-state index contributed by atoms with van der Waals surface area (Å²) in [6.07, 6.45) is -4.71. The van der Waals surface area contributed by atoms with Crippen molar-refractivity contribution in [3.05, 3.63) is 32.8 Å². The highest BCUT2D eigenvalue weighted by molar-refractivity contribution is 9.10. The topological polar surface area (TPSA) is 64.7 Å². The van der Waals surface area contributed by atoms with Gasteiger partial charge >= 0.3 is 0 Å². The summed E-state index contributed by atoms with van der Waals surface area (Å²) in [5.41, 5.74) is -1.21. The second-order valence-corrected chi connectivity index (χ2v) is 6.11. The van der Waals surface area contributed by atoms with Gasteiger partial charge in [-0.2, -0.15) is 10.2 Å². The SMILES string of the molecule is CCn1ncc(Br)c1CNC(=O)Cn1nc(C(F)F)c(Cl)c1C(F)F. The second kappa shape index (κ2) is 8.17. The molecule has 0 unspecified atom stereocenters. The molecule has 0 aliphatic rings. The van der Waals surface area contributed by atoms with E-state index in [4.69, 9.17) is 11.6 Å². The van der Waals surface area contributed by atoms with Crippen LogP contribution < -0.4 is 5.32 Å². The van der Waals surface area contributed by atoms with Gasteiger partial charge in [-0.3, -0.25) is 14.2 Å². The predicted octanol–water partition coefficient (Wildman–Crippen LogP) is 3.71. The van der Waals surface area contributed by atoms with Crippen LogP contribution in [0.1, 0.15) is 36.9 Å². The number of aromatic nitrogens is 4. The van der Waals surface area contributed by atoms with E-state index in [1.54, 1.807) is 10.9 Å². The van der Waals surface area contributed by atoms with Gasteiger partial charge < -0.3 is 5.32 Å². The highest BCUT2D eigenvalue weighted by Crippen LogP contribution is 2.34. The van der Waals surface area contributed by atoms with E-state index >= 15 is 0 Å². The summed E-state index contributed by atoms with van der Waals surface area (Å²) in [5.74, 6) is -0.683. The third-order valence-corrected chi connectivity index (χ3v) is 4.36. The molecule has 2 aromatic rings. The number of alkyl halides is 4. The lowest BCUT2D eigenvalue weighted by Crippen LogP contribution is -2.29. The molecule has 0 atom stereocenters. The molecule has 0 saturated heterocycles. The predicted molar refractivity (Wildman–Crippen MR) is 84.6 cm³/mol. The fraction of sp³-hybridized carbons (Fsp3) is 0.462. The van der Waals surface area contributed by atoms with Crippen LogP contribution in [0.25, 0.3) is 0 Å². The van der Waals surface area contributed by atoms with Crippen LogP contribution in [0.5, 0.6) is 0 Å². The average molecular weight is 447 g/mol. The maximum absolute atomic E-state index is 13.0. The Labute approximate surface area is 153 Å². The monoisotopic (exact) mass is 445 g/mol. The molecule has 1 amide bonds. The van der Waals surface area contributed by atoms with Crippen molar-refractivity contribution in [3.63, 3.8) is 0 Å². The number of nitrogens with one attached hydrogen (secondary N) is 1. The maximum Gasteiger partial charge on any atom is 0.283 e. The molecule has 2 rings (SSSR count). The Morgan fingerprint density at radius 3 is 2.56 bits per heavy atom. The minimum Gasteiger partial charge on any atom is -0.349 e. The van der Waals surface area contributed by atoms with Crippen molar-refractivity contribution in [2.75, 3.05) is 0 Å². The van der Waals surface area contributed by atoms with Gasteiger partial charge in [0.2, 0.25) is 5.91 Å². The Kier molecular flexibility index (Phi) is 6.44. The molecule has 1 N–H and O–H groups in total. The van der Waals surface area contributed by atoms with Crippen molar-refractivity contribution < 1.29 is 22.4 Å². The average Bonchev–Trinajstić information content (AvgIpc) is 3.05. The molecule has 0 saturated carbocycles. The zero-order chi connectivity index (χ0) is 18.7. The number of rotatable bonds is 7. The van der Waals surface area contributed by atoms with Crippen LogP contribution in [0, 0.1) is 0 Å². The van der Waals surface area contributed by atoms with Crippen LogP contribution >= 0.6 is 27.5 Å². The van der Waals surface area contributed by atoms with Gasteiger partial charge in [-0.05, 0) is 22.9 Å². The summed E-state index contributed by atoms with van der Waals surface area (Å²) < 4.78 is 54.4. The Morgan fingerprint density at radius 1 is 1.32 bits per heavy atom. The first-order chi connectivity index (χ1) is 11.8. The molecule has 0 aliphatic heterocycles. The molecule has 2 heterocycles. The van der Waals surface area contributed by atoms with E-state index in [1.165, 1.54) is 0 Å². The molecule has 0 aromatic carbocycles. The number of aryl methyl sites for hydroxylation is 1. The second-order valence-electron chi connectivity index (χ2n) is 4.88. The van der Waals surface area contributed by atoms with Gasteiger partial charge in [0, 0.05) is 6.54 Å². The van der Waals surface area contributed by atoms with Crippen LogP contribution in [-0.4, -0.2) is 25.5 Å². The number of carbonyl (C=O) groups excluding carboxylic acids is 1. The fourth-order valence-corrected chi connectivity index (χ4v) is 2.89. The first-order valence-electron chi connectivity index (χ1n) is 7.05. The zero-order valence-corrected chi connectivity index (χ0v) is 15.2. The quantitative estimate of drug-likeness (QED) is 0.660. The number of hydrogen-bond acceptors (Lipinski definition) is 3. The first-order valence-corrected chi connectivity index (χ1v) is 8.22. The molecule has 0 bridgehead atoms. The summed E-state index contributed by atoms with van der Waals surface area (Å²) in [4.78, 5) is 12.0.